The summed E-state index contributed by atoms with van der Waals surface area (Å²) in [4.78, 5) is 16.1. The van der Waals surface area contributed by atoms with Gasteiger partial charge in [-0.15, -0.1) is 0 Å². The van der Waals surface area contributed by atoms with Crippen molar-refractivity contribution in [3.8, 4) is 11.7 Å². The number of hydrogen-bond donors (Lipinski definition) is 2. The highest BCUT2D eigenvalue weighted by atomic mass is 19.2. The molecule has 27 heavy (non-hydrogen) atoms. The molecule has 4 rings (SSSR count). The molecule has 0 aliphatic carbocycles. The van der Waals surface area contributed by atoms with Crippen molar-refractivity contribution in [1.29, 1.82) is 0 Å². The Morgan fingerprint density at radius 2 is 1.89 bits per heavy atom. The molecule has 1 aromatic carbocycles. The first-order valence-electron chi connectivity index (χ1n) is 7.66. The summed E-state index contributed by atoms with van der Waals surface area (Å²) in [5, 5.41) is 6.39. The van der Waals surface area contributed by atoms with Crippen molar-refractivity contribution >= 4 is 17.6 Å². The van der Waals surface area contributed by atoms with Crippen LogP contribution in [0.1, 0.15) is 11.6 Å². The number of hydrogen-bond acceptors (Lipinski definition) is 9. The zero-order valence-corrected chi connectivity index (χ0v) is 13.6. The molecule has 0 unspecified atom stereocenters. The molecule has 11 heteroatoms. The summed E-state index contributed by atoms with van der Waals surface area (Å²) in [5.74, 6) is -1.07. The van der Waals surface area contributed by atoms with E-state index in [2.05, 4.69) is 30.4 Å². The van der Waals surface area contributed by atoms with Gasteiger partial charge in [-0.1, -0.05) is 11.2 Å². The zero-order chi connectivity index (χ0) is 18.8. The van der Waals surface area contributed by atoms with Gasteiger partial charge in [-0.05, 0) is 24.3 Å². The van der Waals surface area contributed by atoms with Gasteiger partial charge in [0.05, 0.1) is 18.4 Å². The maximum Gasteiger partial charge on any atom is 0.293 e. The fourth-order valence-corrected chi connectivity index (χ4v) is 2.26. The summed E-state index contributed by atoms with van der Waals surface area (Å²) in [6.07, 6.45) is 1.56. The molecule has 3 N–H and O–H groups in total. The average molecular weight is 371 g/mol. The molecule has 0 spiro atoms. The lowest BCUT2D eigenvalue weighted by atomic mass is 10.3. The van der Waals surface area contributed by atoms with Crippen molar-refractivity contribution in [3.05, 3.63) is 59.9 Å². The van der Waals surface area contributed by atoms with E-state index in [1.165, 1.54) is 18.4 Å². The van der Waals surface area contributed by atoms with Crippen LogP contribution >= 0.6 is 0 Å². The molecule has 3 aromatic heterocycles. The van der Waals surface area contributed by atoms with Gasteiger partial charge in [0.15, 0.2) is 23.2 Å². The second kappa shape index (κ2) is 6.78. The molecule has 0 saturated heterocycles. The van der Waals surface area contributed by atoms with Crippen LogP contribution in [0.5, 0.6) is 0 Å². The first-order valence-corrected chi connectivity index (χ1v) is 7.66. The van der Waals surface area contributed by atoms with Crippen LogP contribution in [0.2, 0.25) is 0 Å². The maximum atomic E-state index is 13.8. The van der Waals surface area contributed by atoms with Gasteiger partial charge in [0, 0.05) is 0 Å². The lowest BCUT2D eigenvalue weighted by Gasteiger charge is -2.07. The van der Waals surface area contributed by atoms with Gasteiger partial charge in [0.1, 0.15) is 5.82 Å². The number of nitrogens with zero attached hydrogens (tertiary/aromatic N) is 5. The predicted octanol–water partition coefficient (Wildman–Crippen LogP) is 2.71. The average Bonchev–Trinajstić information content (AvgIpc) is 3.30. The minimum atomic E-state index is -1.06. The molecule has 0 radical (unpaired) electrons. The molecule has 4 aromatic rings. The molecule has 0 bridgehead atoms. The third-order valence-electron chi connectivity index (χ3n) is 3.41. The maximum absolute atomic E-state index is 13.8. The number of nitrogens with two attached hydrogens (primary N) is 1. The van der Waals surface area contributed by atoms with Gasteiger partial charge in [0.2, 0.25) is 11.9 Å². The Morgan fingerprint density at radius 1 is 1.00 bits per heavy atom. The Hall–Kier alpha value is -3.89. The summed E-state index contributed by atoms with van der Waals surface area (Å²) in [6, 6.07) is 7.05. The Bertz CT molecular complexity index is 1080. The summed E-state index contributed by atoms with van der Waals surface area (Å²) >= 11 is 0. The van der Waals surface area contributed by atoms with E-state index in [1.54, 1.807) is 12.1 Å². The number of aromatic nitrogens is 5. The third-order valence-corrected chi connectivity index (χ3v) is 3.41. The minimum Gasteiger partial charge on any atom is -0.459 e. The molecule has 0 atom stereocenters. The van der Waals surface area contributed by atoms with Crippen molar-refractivity contribution in [1.82, 2.24) is 25.1 Å². The highest BCUT2D eigenvalue weighted by Crippen LogP contribution is 2.21. The van der Waals surface area contributed by atoms with Gasteiger partial charge >= 0.3 is 0 Å². The third kappa shape index (κ3) is 3.56. The SMILES string of the molecule is Nc1nc(Cc2noc(-c3ccco3)n2)nc(Nc2cccc(F)c2F)n1. The summed E-state index contributed by atoms with van der Waals surface area (Å²) in [7, 11) is 0. The molecule has 136 valence electrons. The van der Waals surface area contributed by atoms with Gasteiger partial charge in [-0.3, -0.25) is 0 Å². The lowest BCUT2D eigenvalue weighted by Crippen LogP contribution is -2.09. The standard InChI is InChI=1S/C16H11F2N7O2/c17-8-3-1-4-9(13(8)18)20-16-23-11(22-15(19)24-16)7-12-21-14(27-25-12)10-5-2-6-26-10/h1-6H,7H2,(H3,19,20,22,23,24). The van der Waals surface area contributed by atoms with E-state index < -0.39 is 11.6 Å². The van der Waals surface area contributed by atoms with E-state index in [1.807, 2.05) is 0 Å². The van der Waals surface area contributed by atoms with E-state index in [9.17, 15) is 8.78 Å². The lowest BCUT2D eigenvalue weighted by molar-refractivity contribution is 0.410. The van der Waals surface area contributed by atoms with E-state index in [0.717, 1.165) is 6.07 Å². The Morgan fingerprint density at radius 3 is 2.70 bits per heavy atom. The Balaban J connectivity index is 1.56. The summed E-state index contributed by atoms with van der Waals surface area (Å²) in [5.41, 5.74) is 5.53. The molecule has 0 saturated carbocycles. The number of rotatable bonds is 5. The van der Waals surface area contributed by atoms with Crippen molar-refractivity contribution < 1.29 is 17.7 Å². The van der Waals surface area contributed by atoms with Crippen LogP contribution in [0.15, 0.2) is 45.5 Å². The zero-order valence-electron chi connectivity index (χ0n) is 13.6. The molecule has 9 nitrogen and oxygen atoms in total. The predicted molar refractivity (Wildman–Crippen MR) is 88.7 cm³/mol. The largest absolute Gasteiger partial charge is 0.459 e. The second-order valence-electron chi connectivity index (χ2n) is 5.33. The molecule has 0 aliphatic rings. The van der Waals surface area contributed by atoms with Crippen LogP contribution in [0, 0.1) is 11.6 Å². The van der Waals surface area contributed by atoms with Crippen molar-refractivity contribution in [2.45, 2.75) is 6.42 Å². The van der Waals surface area contributed by atoms with Crippen LogP contribution in [0.25, 0.3) is 11.7 Å². The van der Waals surface area contributed by atoms with Crippen molar-refractivity contribution in [2.24, 2.45) is 0 Å². The number of furan rings is 1. The monoisotopic (exact) mass is 371 g/mol. The van der Waals surface area contributed by atoms with E-state index >= 15 is 0 Å². The second-order valence-corrected chi connectivity index (χ2v) is 5.33. The summed E-state index contributed by atoms with van der Waals surface area (Å²) < 4.78 is 37.4. The van der Waals surface area contributed by atoms with E-state index in [0.29, 0.717) is 5.76 Å². The molecular weight excluding hydrogens is 360 g/mol. The topological polar surface area (TPSA) is 129 Å². The molecule has 3 heterocycles. The van der Waals surface area contributed by atoms with Gasteiger partial charge < -0.3 is 20.0 Å². The number of benzene rings is 1. The van der Waals surface area contributed by atoms with Crippen molar-refractivity contribution in [3.63, 3.8) is 0 Å². The Kier molecular flexibility index (Phi) is 4.16. The molecule has 0 amide bonds. The minimum absolute atomic E-state index is 0.0447. The first kappa shape index (κ1) is 16.6. The van der Waals surface area contributed by atoms with E-state index in [4.69, 9.17) is 14.7 Å². The van der Waals surface area contributed by atoms with Crippen LogP contribution in [0.4, 0.5) is 26.4 Å². The fraction of sp³-hybridized carbons (Fsp3) is 0.0625. The number of nitrogen functional groups attached to an aromatic ring is 1. The van der Waals surface area contributed by atoms with Crippen LogP contribution in [-0.2, 0) is 6.42 Å². The van der Waals surface area contributed by atoms with Gasteiger partial charge in [-0.25, -0.2) is 8.78 Å². The van der Waals surface area contributed by atoms with Crippen LogP contribution < -0.4 is 11.1 Å². The molecule has 0 aliphatic heterocycles. The number of anilines is 3. The number of nitrogens with one attached hydrogen (secondary N) is 1. The van der Waals surface area contributed by atoms with Crippen LogP contribution in [-0.4, -0.2) is 25.1 Å². The van der Waals surface area contributed by atoms with Gasteiger partial charge in [0.25, 0.3) is 5.89 Å². The quantitative estimate of drug-likeness (QED) is 0.544. The summed E-state index contributed by atoms with van der Waals surface area (Å²) in [6.45, 7) is 0. The smallest absolute Gasteiger partial charge is 0.293 e. The van der Waals surface area contributed by atoms with Crippen LogP contribution in [0.3, 0.4) is 0 Å². The highest BCUT2D eigenvalue weighted by molar-refractivity contribution is 5.54. The van der Waals surface area contributed by atoms with Gasteiger partial charge in [-0.2, -0.15) is 19.9 Å². The first-order chi connectivity index (χ1) is 13.1. The number of halogens is 2. The highest BCUT2D eigenvalue weighted by Gasteiger charge is 2.15. The Labute approximate surface area is 150 Å². The molecule has 0 fully saturated rings. The molecular formula is C16H11F2N7O2. The van der Waals surface area contributed by atoms with E-state index in [-0.39, 0.29) is 41.5 Å². The van der Waals surface area contributed by atoms with Crippen molar-refractivity contribution in [2.75, 3.05) is 11.1 Å². The normalized spacial score (nSPS) is 10.9. The fourth-order valence-electron chi connectivity index (χ4n) is 2.26.